The van der Waals surface area contributed by atoms with Crippen molar-refractivity contribution in [1.29, 1.82) is 0 Å². The number of hydrogen-bond acceptors (Lipinski definition) is 3. The minimum Gasteiger partial charge on any atom is -0.459 e. The zero-order valence-electron chi connectivity index (χ0n) is 20.2. The van der Waals surface area contributed by atoms with E-state index in [2.05, 4.69) is 41.5 Å². The monoisotopic (exact) mass is 416 g/mol. The number of carbonyl (C=O) groups excluding carboxylic acids is 1. The molecule has 1 saturated heterocycles. The van der Waals surface area contributed by atoms with Crippen LogP contribution in [0.5, 0.6) is 0 Å². The van der Waals surface area contributed by atoms with E-state index < -0.39 is 0 Å². The number of cyclic esters (lactones) is 1. The van der Waals surface area contributed by atoms with Gasteiger partial charge in [-0.25, -0.2) is 0 Å². The van der Waals surface area contributed by atoms with Crippen LogP contribution in [0.2, 0.25) is 0 Å². The van der Waals surface area contributed by atoms with Crippen molar-refractivity contribution < 1.29 is 14.6 Å². The maximum atomic E-state index is 12.0. The largest absolute Gasteiger partial charge is 0.459 e. The molecule has 9 atom stereocenters. The summed E-state index contributed by atoms with van der Waals surface area (Å²) in [6.07, 6.45) is 11.2. The van der Waals surface area contributed by atoms with E-state index in [0.717, 1.165) is 18.8 Å². The second-order valence-corrected chi connectivity index (χ2v) is 13.5. The molecule has 170 valence electrons. The fraction of sp³-hybridized carbons (Fsp3) is 0.963. The number of ether oxygens (including phenoxy) is 1. The number of rotatable bonds is 1. The van der Waals surface area contributed by atoms with Crippen LogP contribution in [0.4, 0.5) is 0 Å². The maximum Gasteiger partial charge on any atom is 0.306 e. The Morgan fingerprint density at radius 2 is 1.47 bits per heavy atom. The highest BCUT2D eigenvalue weighted by molar-refractivity contribution is 5.72. The average molecular weight is 417 g/mol. The minimum absolute atomic E-state index is 0.0158. The zero-order chi connectivity index (χ0) is 21.7. The molecule has 30 heavy (non-hydrogen) atoms. The highest BCUT2D eigenvalue weighted by Gasteiger charge is 2.69. The van der Waals surface area contributed by atoms with E-state index in [9.17, 15) is 9.90 Å². The number of aliphatic hydroxyl groups is 1. The molecule has 0 unspecified atom stereocenters. The standard InChI is InChI=1S/C27H44O3/c1-23(2)19-10-15-26(5)20(24(19,3)13-11-21(23)28)8-7-17-18(9-14-25(17,26)4)27(6)16-12-22(29)30-27/h17-21,28H,7-16H2,1-6H3/t17-,18+,19-,20+,21+,24-,25+,26+,27+/m1/s1. The first-order valence-corrected chi connectivity index (χ1v) is 12.8. The predicted octanol–water partition coefficient (Wildman–Crippen LogP) is 6.13. The molecule has 5 rings (SSSR count). The van der Waals surface area contributed by atoms with Gasteiger partial charge in [-0.2, -0.15) is 0 Å². The van der Waals surface area contributed by atoms with Crippen molar-refractivity contribution in [1.82, 2.24) is 0 Å². The summed E-state index contributed by atoms with van der Waals surface area (Å²) in [4.78, 5) is 12.0. The van der Waals surface area contributed by atoms with E-state index in [1.54, 1.807) is 0 Å². The van der Waals surface area contributed by atoms with Crippen LogP contribution in [-0.4, -0.2) is 22.8 Å². The van der Waals surface area contributed by atoms with E-state index in [1.165, 1.54) is 44.9 Å². The fourth-order valence-corrected chi connectivity index (χ4v) is 10.4. The van der Waals surface area contributed by atoms with E-state index in [0.29, 0.717) is 40.4 Å². The van der Waals surface area contributed by atoms with Gasteiger partial charge in [0.1, 0.15) is 5.60 Å². The van der Waals surface area contributed by atoms with Gasteiger partial charge in [-0.1, -0.05) is 34.6 Å². The molecule has 3 nitrogen and oxygen atoms in total. The van der Waals surface area contributed by atoms with Gasteiger partial charge in [0.05, 0.1) is 6.10 Å². The van der Waals surface area contributed by atoms with Crippen molar-refractivity contribution in [2.45, 2.75) is 117 Å². The maximum absolute atomic E-state index is 12.0. The van der Waals surface area contributed by atoms with Crippen LogP contribution in [0, 0.1) is 45.3 Å². The van der Waals surface area contributed by atoms with Crippen LogP contribution < -0.4 is 0 Å². The van der Waals surface area contributed by atoms with Crippen molar-refractivity contribution in [3.05, 3.63) is 0 Å². The molecule has 0 spiro atoms. The average Bonchev–Trinajstić information content (AvgIpc) is 3.20. The molecule has 3 heteroatoms. The topological polar surface area (TPSA) is 46.5 Å². The lowest BCUT2D eigenvalue weighted by Gasteiger charge is -2.70. The van der Waals surface area contributed by atoms with Gasteiger partial charge in [-0.3, -0.25) is 4.79 Å². The second-order valence-electron chi connectivity index (χ2n) is 13.5. The van der Waals surface area contributed by atoms with Crippen LogP contribution in [0.15, 0.2) is 0 Å². The van der Waals surface area contributed by atoms with Gasteiger partial charge in [-0.05, 0) is 104 Å². The summed E-state index contributed by atoms with van der Waals surface area (Å²) in [6.45, 7) is 14.7. The lowest BCUT2D eigenvalue weighted by atomic mass is 9.35. The number of fused-ring (bicyclic) bond motifs is 5. The van der Waals surface area contributed by atoms with Crippen LogP contribution >= 0.6 is 0 Å². The van der Waals surface area contributed by atoms with E-state index in [-0.39, 0.29) is 23.1 Å². The summed E-state index contributed by atoms with van der Waals surface area (Å²) in [5.41, 5.74) is 0.822. The van der Waals surface area contributed by atoms with Gasteiger partial charge in [0.15, 0.2) is 0 Å². The lowest BCUT2D eigenvalue weighted by Crippen LogP contribution is -2.64. The third kappa shape index (κ3) is 2.45. The van der Waals surface area contributed by atoms with Crippen molar-refractivity contribution >= 4 is 5.97 Å². The molecule has 0 aromatic heterocycles. The molecule has 5 fully saturated rings. The van der Waals surface area contributed by atoms with Gasteiger partial charge in [0, 0.05) is 12.3 Å². The molecule has 1 aliphatic heterocycles. The Morgan fingerprint density at radius 1 is 0.767 bits per heavy atom. The number of aliphatic hydroxyl groups excluding tert-OH is 1. The first kappa shape index (κ1) is 21.3. The molecular formula is C27H44O3. The van der Waals surface area contributed by atoms with Crippen LogP contribution in [-0.2, 0) is 9.53 Å². The van der Waals surface area contributed by atoms with E-state index in [4.69, 9.17) is 4.74 Å². The zero-order valence-corrected chi connectivity index (χ0v) is 20.2. The number of esters is 1. The van der Waals surface area contributed by atoms with Crippen molar-refractivity contribution in [2.24, 2.45) is 45.3 Å². The molecule has 0 aromatic rings. The summed E-state index contributed by atoms with van der Waals surface area (Å²) in [7, 11) is 0. The third-order valence-corrected chi connectivity index (χ3v) is 12.3. The first-order valence-electron chi connectivity index (χ1n) is 12.8. The highest BCUT2D eigenvalue weighted by Crippen LogP contribution is 2.76. The Kier molecular flexibility index (Phi) is 4.45. The minimum atomic E-state index is -0.235. The summed E-state index contributed by atoms with van der Waals surface area (Å²) >= 11 is 0. The Hall–Kier alpha value is -0.570. The summed E-state index contributed by atoms with van der Waals surface area (Å²) in [5.74, 6) is 2.59. The van der Waals surface area contributed by atoms with Crippen LogP contribution in [0.25, 0.3) is 0 Å². The quantitative estimate of drug-likeness (QED) is 0.523. The highest BCUT2D eigenvalue weighted by atomic mass is 16.6. The Bertz CT molecular complexity index is 744. The fourth-order valence-electron chi connectivity index (χ4n) is 10.4. The smallest absolute Gasteiger partial charge is 0.306 e. The van der Waals surface area contributed by atoms with Crippen molar-refractivity contribution in [2.75, 3.05) is 0 Å². The lowest BCUT2D eigenvalue weighted by molar-refractivity contribution is -0.225. The third-order valence-electron chi connectivity index (χ3n) is 12.3. The molecule has 1 heterocycles. The molecule has 4 saturated carbocycles. The molecule has 4 aliphatic carbocycles. The molecule has 0 amide bonds. The van der Waals surface area contributed by atoms with Crippen molar-refractivity contribution in [3.8, 4) is 0 Å². The number of hydrogen-bond donors (Lipinski definition) is 1. The second kappa shape index (κ2) is 6.27. The molecule has 0 bridgehead atoms. The molecular weight excluding hydrogens is 372 g/mol. The predicted molar refractivity (Wildman–Crippen MR) is 119 cm³/mol. The van der Waals surface area contributed by atoms with Gasteiger partial charge < -0.3 is 9.84 Å². The molecule has 1 N–H and O–H groups in total. The summed E-state index contributed by atoms with van der Waals surface area (Å²) in [5, 5.41) is 10.8. The van der Waals surface area contributed by atoms with Crippen LogP contribution in [0.1, 0.15) is 106 Å². The molecule has 5 aliphatic rings. The first-order chi connectivity index (χ1) is 13.9. The number of carbonyl (C=O) groups is 1. The van der Waals surface area contributed by atoms with Gasteiger partial charge in [0.25, 0.3) is 0 Å². The summed E-state index contributed by atoms with van der Waals surface area (Å²) < 4.78 is 5.97. The molecule has 0 aromatic carbocycles. The van der Waals surface area contributed by atoms with E-state index >= 15 is 0 Å². The SMILES string of the molecule is CC1(C)[C@H]2CC[C@@]3(C)[C@@H](CC[C@@H]4[C@@H]([C@]5(C)CCC(=O)O5)CC[C@@]43C)[C@]2(C)CC[C@@H]1O. The van der Waals surface area contributed by atoms with Crippen LogP contribution in [0.3, 0.4) is 0 Å². The Morgan fingerprint density at radius 3 is 2.13 bits per heavy atom. The molecule has 0 radical (unpaired) electrons. The van der Waals surface area contributed by atoms with Gasteiger partial charge >= 0.3 is 5.97 Å². The normalized spacial score (nSPS) is 57.3. The Balaban J connectivity index is 1.49. The Labute approximate surface area is 183 Å². The van der Waals surface area contributed by atoms with Crippen molar-refractivity contribution in [3.63, 3.8) is 0 Å². The van der Waals surface area contributed by atoms with E-state index in [1.807, 2.05) is 0 Å². The summed E-state index contributed by atoms with van der Waals surface area (Å²) in [6, 6.07) is 0. The van der Waals surface area contributed by atoms with Gasteiger partial charge in [-0.15, -0.1) is 0 Å². The van der Waals surface area contributed by atoms with Gasteiger partial charge in [0.2, 0.25) is 0 Å².